The highest BCUT2D eigenvalue weighted by Crippen LogP contribution is 2.18. The van der Waals surface area contributed by atoms with Crippen molar-refractivity contribution in [1.82, 2.24) is 20.4 Å². The fourth-order valence-electron chi connectivity index (χ4n) is 3.09. The summed E-state index contributed by atoms with van der Waals surface area (Å²) in [4.78, 5) is 30.7. The summed E-state index contributed by atoms with van der Waals surface area (Å²) in [5, 5.41) is 6.79. The van der Waals surface area contributed by atoms with Crippen LogP contribution in [0.2, 0.25) is 0 Å². The number of aromatic nitrogens is 2. The summed E-state index contributed by atoms with van der Waals surface area (Å²) in [6, 6.07) is 19.6. The van der Waals surface area contributed by atoms with Gasteiger partial charge in [0.05, 0.1) is 12.8 Å². The van der Waals surface area contributed by atoms with E-state index in [1.54, 1.807) is 66.7 Å². The molecule has 0 aliphatic carbocycles. The first kappa shape index (κ1) is 21.0. The van der Waals surface area contributed by atoms with E-state index in [4.69, 9.17) is 8.94 Å². The Labute approximate surface area is 184 Å². The van der Waals surface area contributed by atoms with Gasteiger partial charge < -0.3 is 19.2 Å². The molecule has 0 radical (unpaired) electrons. The first-order valence-electron chi connectivity index (χ1n) is 10.1. The van der Waals surface area contributed by atoms with Crippen molar-refractivity contribution in [2.45, 2.75) is 13.0 Å². The lowest BCUT2D eigenvalue weighted by atomic mass is 10.1. The van der Waals surface area contributed by atoms with Crippen molar-refractivity contribution in [3.05, 3.63) is 95.7 Å². The van der Waals surface area contributed by atoms with Gasteiger partial charge in [-0.15, -0.1) is 0 Å². The van der Waals surface area contributed by atoms with Crippen molar-refractivity contribution in [3.63, 3.8) is 0 Å². The Morgan fingerprint density at radius 3 is 2.47 bits per heavy atom. The zero-order valence-corrected chi connectivity index (χ0v) is 17.5. The first-order chi connectivity index (χ1) is 15.6. The molecule has 0 aliphatic heterocycles. The van der Waals surface area contributed by atoms with Crippen LogP contribution in [0.15, 0.2) is 81.9 Å². The fourth-order valence-corrected chi connectivity index (χ4v) is 3.09. The molecule has 0 bridgehead atoms. The summed E-state index contributed by atoms with van der Waals surface area (Å²) < 4.78 is 10.6. The molecule has 8 heteroatoms. The van der Waals surface area contributed by atoms with Gasteiger partial charge in [-0.3, -0.25) is 9.59 Å². The first-order valence-corrected chi connectivity index (χ1v) is 10.1. The molecule has 8 nitrogen and oxygen atoms in total. The lowest BCUT2D eigenvalue weighted by molar-refractivity contribution is 0.0795. The van der Waals surface area contributed by atoms with Gasteiger partial charge in [0.15, 0.2) is 5.82 Å². The minimum absolute atomic E-state index is 0.0600. The van der Waals surface area contributed by atoms with Crippen LogP contribution in [-0.4, -0.2) is 40.4 Å². The second-order valence-electron chi connectivity index (χ2n) is 7.20. The summed E-state index contributed by atoms with van der Waals surface area (Å²) in [5.74, 6) is 1.29. The molecule has 0 atom stereocenters. The maximum Gasteiger partial charge on any atom is 0.257 e. The molecular weight excluding hydrogens is 408 g/mol. The Hall–Kier alpha value is -4.20. The third-order valence-corrected chi connectivity index (χ3v) is 4.90. The number of rotatable bonds is 8. The van der Waals surface area contributed by atoms with Crippen molar-refractivity contribution in [2.75, 3.05) is 13.6 Å². The highest BCUT2D eigenvalue weighted by Gasteiger charge is 2.14. The molecule has 4 aromatic rings. The zero-order valence-electron chi connectivity index (χ0n) is 17.5. The number of nitrogens with zero attached hydrogens (tertiary/aromatic N) is 3. The number of hydrogen-bond acceptors (Lipinski definition) is 6. The molecule has 2 heterocycles. The van der Waals surface area contributed by atoms with Crippen molar-refractivity contribution in [3.8, 4) is 11.5 Å². The number of carbonyl (C=O) groups is 2. The summed E-state index contributed by atoms with van der Waals surface area (Å²) >= 11 is 0. The van der Waals surface area contributed by atoms with Gasteiger partial charge >= 0.3 is 0 Å². The normalized spacial score (nSPS) is 10.7. The van der Waals surface area contributed by atoms with E-state index in [9.17, 15) is 9.59 Å². The minimum Gasteiger partial charge on any atom is -0.467 e. The average Bonchev–Trinajstić information content (AvgIpc) is 3.53. The van der Waals surface area contributed by atoms with Crippen LogP contribution < -0.4 is 5.32 Å². The predicted molar refractivity (Wildman–Crippen MR) is 117 cm³/mol. The van der Waals surface area contributed by atoms with Crippen LogP contribution in [0.1, 0.15) is 32.3 Å². The van der Waals surface area contributed by atoms with E-state index in [-0.39, 0.29) is 11.8 Å². The van der Waals surface area contributed by atoms with E-state index < -0.39 is 0 Å². The average molecular weight is 430 g/mol. The van der Waals surface area contributed by atoms with Crippen LogP contribution in [-0.2, 0) is 13.0 Å². The lowest BCUT2D eigenvalue weighted by Gasteiger charge is -2.15. The van der Waals surface area contributed by atoms with Crippen LogP contribution in [0.3, 0.4) is 0 Å². The maximum absolute atomic E-state index is 12.4. The molecule has 0 unspecified atom stereocenters. The van der Waals surface area contributed by atoms with E-state index in [0.717, 1.165) is 0 Å². The molecule has 0 saturated carbocycles. The molecule has 0 aliphatic rings. The Balaban J connectivity index is 1.32. The third kappa shape index (κ3) is 5.10. The highest BCUT2D eigenvalue weighted by atomic mass is 16.5. The van der Waals surface area contributed by atoms with E-state index in [0.29, 0.717) is 53.7 Å². The standard InChI is InChI=1S/C24H22N4O4/c1-28(24(30)19-6-3-2-4-7-19)14-13-21-26-23(32-27-21)18-11-9-17(10-12-18)22(29)25-16-20-8-5-15-31-20/h2-12,15H,13-14,16H2,1H3,(H,25,29). The predicted octanol–water partition coefficient (Wildman–Crippen LogP) is 3.57. The van der Waals surface area contributed by atoms with Crippen LogP contribution in [0.25, 0.3) is 11.5 Å². The van der Waals surface area contributed by atoms with E-state index >= 15 is 0 Å². The number of amides is 2. The van der Waals surface area contributed by atoms with E-state index in [1.165, 1.54) is 0 Å². The topological polar surface area (TPSA) is 101 Å². The van der Waals surface area contributed by atoms with Gasteiger partial charge in [-0.25, -0.2) is 0 Å². The van der Waals surface area contributed by atoms with Gasteiger partial charge in [-0.1, -0.05) is 23.4 Å². The van der Waals surface area contributed by atoms with Crippen LogP contribution >= 0.6 is 0 Å². The quantitative estimate of drug-likeness (QED) is 0.459. The number of nitrogens with one attached hydrogen (secondary N) is 1. The molecular formula is C24H22N4O4. The monoisotopic (exact) mass is 430 g/mol. The molecule has 0 fully saturated rings. The number of benzene rings is 2. The molecule has 2 aromatic heterocycles. The van der Waals surface area contributed by atoms with Crippen molar-refractivity contribution >= 4 is 11.8 Å². The van der Waals surface area contributed by atoms with Gasteiger partial charge in [0.1, 0.15) is 5.76 Å². The van der Waals surface area contributed by atoms with Gasteiger partial charge in [-0.2, -0.15) is 4.98 Å². The second-order valence-corrected chi connectivity index (χ2v) is 7.20. The number of likely N-dealkylation sites (N-methyl/N-ethyl adjacent to an activating group) is 1. The molecule has 2 aromatic carbocycles. The molecule has 0 saturated heterocycles. The fraction of sp³-hybridized carbons (Fsp3) is 0.167. The molecule has 32 heavy (non-hydrogen) atoms. The van der Waals surface area contributed by atoms with Gasteiger partial charge in [0.25, 0.3) is 17.7 Å². The minimum atomic E-state index is -0.203. The van der Waals surface area contributed by atoms with Crippen LogP contribution in [0, 0.1) is 0 Å². The molecule has 0 spiro atoms. The number of hydrogen-bond donors (Lipinski definition) is 1. The summed E-state index contributed by atoms with van der Waals surface area (Å²) in [6.45, 7) is 0.781. The van der Waals surface area contributed by atoms with Crippen molar-refractivity contribution < 1.29 is 18.5 Å². The Morgan fingerprint density at radius 1 is 0.969 bits per heavy atom. The Morgan fingerprint density at radius 2 is 1.75 bits per heavy atom. The summed E-state index contributed by atoms with van der Waals surface area (Å²) in [7, 11) is 1.74. The number of furan rings is 1. The third-order valence-electron chi connectivity index (χ3n) is 4.90. The Kier molecular flexibility index (Phi) is 6.41. The SMILES string of the molecule is CN(CCc1noc(-c2ccc(C(=O)NCc3ccco3)cc2)n1)C(=O)c1ccccc1. The smallest absolute Gasteiger partial charge is 0.257 e. The lowest BCUT2D eigenvalue weighted by Crippen LogP contribution is -2.29. The number of carbonyl (C=O) groups excluding carboxylic acids is 2. The van der Waals surface area contributed by atoms with Crippen molar-refractivity contribution in [1.29, 1.82) is 0 Å². The second kappa shape index (κ2) is 9.74. The highest BCUT2D eigenvalue weighted by molar-refractivity contribution is 5.94. The molecule has 1 N–H and O–H groups in total. The van der Waals surface area contributed by atoms with Crippen molar-refractivity contribution in [2.24, 2.45) is 0 Å². The Bertz CT molecular complexity index is 1170. The molecule has 4 rings (SSSR count). The van der Waals surface area contributed by atoms with Gasteiger partial charge in [-0.05, 0) is 48.5 Å². The van der Waals surface area contributed by atoms with E-state index in [2.05, 4.69) is 15.5 Å². The maximum atomic E-state index is 12.4. The van der Waals surface area contributed by atoms with E-state index in [1.807, 2.05) is 18.2 Å². The largest absolute Gasteiger partial charge is 0.467 e. The summed E-state index contributed by atoms with van der Waals surface area (Å²) in [6.07, 6.45) is 2.03. The molecule has 2 amide bonds. The zero-order chi connectivity index (χ0) is 22.3. The molecule has 162 valence electrons. The van der Waals surface area contributed by atoms with Gasteiger partial charge in [0, 0.05) is 36.7 Å². The van der Waals surface area contributed by atoms with Crippen LogP contribution in [0.5, 0.6) is 0 Å². The summed E-state index contributed by atoms with van der Waals surface area (Å²) in [5.41, 5.74) is 1.86. The van der Waals surface area contributed by atoms with Gasteiger partial charge in [0.2, 0.25) is 0 Å². The van der Waals surface area contributed by atoms with Crippen LogP contribution in [0.4, 0.5) is 0 Å².